The molecule has 0 radical (unpaired) electrons. The first-order valence-corrected chi connectivity index (χ1v) is 4.66. The molecule has 0 unspecified atom stereocenters. The number of nitrogens with zero attached hydrogens (tertiary/aromatic N) is 2. The second-order valence-electron chi connectivity index (χ2n) is 2.74. The topological polar surface area (TPSA) is 36.7 Å². The number of hydrogen-bond acceptors (Lipinski definition) is 2. The first kappa shape index (κ1) is 11.1. The lowest BCUT2D eigenvalue weighted by Gasteiger charge is -2.09. The Labute approximate surface area is 88.7 Å². The highest BCUT2D eigenvalue weighted by Crippen LogP contribution is 2.27. The van der Waals surface area contributed by atoms with E-state index in [4.69, 9.17) is 5.26 Å². The fourth-order valence-electron chi connectivity index (χ4n) is 1.24. The van der Waals surface area contributed by atoms with E-state index in [1.165, 1.54) is 13.0 Å². The Bertz CT molecular complexity index is 385. The second kappa shape index (κ2) is 4.47. The molecule has 0 aliphatic carbocycles. The summed E-state index contributed by atoms with van der Waals surface area (Å²) in [6, 6.07) is 3.31. The van der Waals surface area contributed by atoms with Gasteiger partial charge in [-0.2, -0.15) is 5.26 Å². The van der Waals surface area contributed by atoms with Gasteiger partial charge in [0.25, 0.3) is 6.43 Å². The van der Waals surface area contributed by atoms with Crippen LogP contribution in [0.4, 0.5) is 8.78 Å². The second-order valence-corrected chi connectivity index (χ2v) is 3.55. The largest absolute Gasteiger partial charge is 0.265 e. The van der Waals surface area contributed by atoms with Crippen LogP contribution >= 0.6 is 15.9 Å². The maximum Gasteiger partial charge on any atom is 0.265 e. The summed E-state index contributed by atoms with van der Waals surface area (Å²) in [5.74, 6) is 0. The molecule has 0 spiro atoms. The van der Waals surface area contributed by atoms with Crippen molar-refractivity contribution < 1.29 is 8.78 Å². The van der Waals surface area contributed by atoms with Crippen LogP contribution in [0.1, 0.15) is 23.2 Å². The molecule has 0 saturated carbocycles. The highest BCUT2D eigenvalue weighted by atomic mass is 79.9. The van der Waals surface area contributed by atoms with Gasteiger partial charge in [-0.1, -0.05) is 0 Å². The van der Waals surface area contributed by atoms with Gasteiger partial charge in [0.1, 0.15) is 4.60 Å². The Balaban J connectivity index is 3.30. The number of alkyl halides is 2. The summed E-state index contributed by atoms with van der Waals surface area (Å²) < 4.78 is 25.6. The maximum absolute atomic E-state index is 12.6. The molecule has 0 amide bonds. The van der Waals surface area contributed by atoms with Crippen molar-refractivity contribution in [3.8, 4) is 6.07 Å². The molecule has 74 valence electrons. The quantitative estimate of drug-likeness (QED) is 0.766. The Morgan fingerprint density at radius 1 is 1.64 bits per heavy atom. The zero-order valence-corrected chi connectivity index (χ0v) is 8.98. The SMILES string of the molecule is Cc1nc(Br)cc(CC#N)c1C(F)F. The van der Waals surface area contributed by atoms with Crippen LogP contribution in [0, 0.1) is 18.3 Å². The minimum atomic E-state index is -2.58. The third kappa shape index (κ3) is 2.26. The lowest BCUT2D eigenvalue weighted by molar-refractivity contribution is 0.149. The maximum atomic E-state index is 12.6. The number of halogens is 3. The summed E-state index contributed by atoms with van der Waals surface area (Å²) in [7, 11) is 0. The van der Waals surface area contributed by atoms with Crippen LogP contribution in [0.25, 0.3) is 0 Å². The van der Waals surface area contributed by atoms with E-state index in [9.17, 15) is 8.78 Å². The van der Waals surface area contributed by atoms with Gasteiger partial charge in [-0.3, -0.25) is 0 Å². The Morgan fingerprint density at radius 3 is 2.79 bits per heavy atom. The Morgan fingerprint density at radius 2 is 2.29 bits per heavy atom. The number of pyridine rings is 1. The van der Waals surface area contributed by atoms with Gasteiger partial charge in [-0.05, 0) is 34.5 Å². The number of aryl methyl sites for hydroxylation is 1. The molecule has 0 atom stereocenters. The normalized spacial score (nSPS) is 10.3. The van der Waals surface area contributed by atoms with E-state index in [1.54, 1.807) is 0 Å². The molecule has 0 aliphatic rings. The highest BCUT2D eigenvalue weighted by molar-refractivity contribution is 9.10. The van der Waals surface area contributed by atoms with Crippen molar-refractivity contribution in [3.05, 3.63) is 27.5 Å². The predicted octanol–water partition coefficient (Wildman–Crippen LogP) is 3.16. The summed E-state index contributed by atoms with van der Waals surface area (Å²) in [5.41, 5.74) is 0.469. The van der Waals surface area contributed by atoms with E-state index in [0.29, 0.717) is 10.2 Å². The van der Waals surface area contributed by atoms with Gasteiger partial charge in [0.05, 0.1) is 12.5 Å². The molecule has 14 heavy (non-hydrogen) atoms. The standard InChI is InChI=1S/C9H7BrF2N2/c1-5-8(9(11)12)6(2-3-13)4-7(10)14-5/h4,9H,2H2,1H3. The van der Waals surface area contributed by atoms with Crippen molar-refractivity contribution in [2.45, 2.75) is 19.8 Å². The van der Waals surface area contributed by atoms with Crippen LogP contribution < -0.4 is 0 Å². The van der Waals surface area contributed by atoms with Gasteiger partial charge in [-0.25, -0.2) is 13.8 Å². The summed E-state index contributed by atoms with van der Waals surface area (Å²) in [6.07, 6.45) is -2.61. The lowest BCUT2D eigenvalue weighted by Crippen LogP contribution is -2.00. The smallest absolute Gasteiger partial charge is 0.246 e. The van der Waals surface area contributed by atoms with Gasteiger partial charge in [-0.15, -0.1) is 0 Å². The van der Waals surface area contributed by atoms with Crippen molar-refractivity contribution in [3.63, 3.8) is 0 Å². The molecular formula is C9H7BrF2N2. The molecule has 0 saturated heterocycles. The van der Waals surface area contributed by atoms with E-state index < -0.39 is 6.43 Å². The van der Waals surface area contributed by atoms with Gasteiger partial charge < -0.3 is 0 Å². The van der Waals surface area contributed by atoms with Crippen LogP contribution in [0.15, 0.2) is 10.7 Å². The predicted molar refractivity (Wildman–Crippen MR) is 50.9 cm³/mol. The van der Waals surface area contributed by atoms with E-state index in [-0.39, 0.29) is 17.7 Å². The van der Waals surface area contributed by atoms with Crippen molar-refractivity contribution in [2.75, 3.05) is 0 Å². The van der Waals surface area contributed by atoms with Gasteiger partial charge in [0.2, 0.25) is 0 Å². The van der Waals surface area contributed by atoms with E-state index in [2.05, 4.69) is 20.9 Å². The molecule has 0 fully saturated rings. The average molecular weight is 261 g/mol. The molecule has 5 heteroatoms. The summed E-state index contributed by atoms with van der Waals surface area (Å²) in [4.78, 5) is 3.86. The molecule has 0 aliphatic heterocycles. The van der Waals surface area contributed by atoms with Crippen LogP contribution in [0.2, 0.25) is 0 Å². The van der Waals surface area contributed by atoms with Crippen LogP contribution in [0.5, 0.6) is 0 Å². The fourth-order valence-corrected chi connectivity index (χ4v) is 1.78. The minimum Gasteiger partial charge on any atom is -0.246 e. The van der Waals surface area contributed by atoms with Crippen molar-refractivity contribution in [2.24, 2.45) is 0 Å². The summed E-state index contributed by atoms with van der Waals surface area (Å²) in [5, 5.41) is 8.48. The molecule has 1 heterocycles. The van der Waals surface area contributed by atoms with Crippen LogP contribution in [0.3, 0.4) is 0 Å². The fraction of sp³-hybridized carbons (Fsp3) is 0.333. The Hall–Kier alpha value is -1.02. The molecule has 1 aromatic rings. The summed E-state index contributed by atoms with van der Waals surface area (Å²) in [6.45, 7) is 1.51. The lowest BCUT2D eigenvalue weighted by atomic mass is 10.1. The van der Waals surface area contributed by atoms with Gasteiger partial charge in [0, 0.05) is 11.3 Å². The number of nitriles is 1. The van der Waals surface area contributed by atoms with Crippen LogP contribution in [-0.4, -0.2) is 4.98 Å². The van der Waals surface area contributed by atoms with Crippen LogP contribution in [-0.2, 0) is 6.42 Å². The molecule has 0 N–H and O–H groups in total. The third-order valence-electron chi connectivity index (χ3n) is 1.79. The molecule has 0 aromatic carbocycles. The third-order valence-corrected chi connectivity index (χ3v) is 2.20. The van der Waals surface area contributed by atoms with Gasteiger partial charge in [0.15, 0.2) is 0 Å². The average Bonchev–Trinajstić information content (AvgIpc) is 2.01. The zero-order chi connectivity index (χ0) is 10.7. The van der Waals surface area contributed by atoms with Crippen molar-refractivity contribution in [1.82, 2.24) is 4.98 Å². The molecule has 2 nitrogen and oxygen atoms in total. The molecule has 0 bridgehead atoms. The van der Waals surface area contributed by atoms with E-state index in [1.807, 2.05) is 6.07 Å². The molecular weight excluding hydrogens is 254 g/mol. The van der Waals surface area contributed by atoms with Gasteiger partial charge >= 0.3 is 0 Å². The highest BCUT2D eigenvalue weighted by Gasteiger charge is 2.17. The zero-order valence-electron chi connectivity index (χ0n) is 7.39. The number of hydrogen-bond donors (Lipinski definition) is 0. The monoisotopic (exact) mass is 260 g/mol. The number of rotatable bonds is 2. The van der Waals surface area contributed by atoms with E-state index in [0.717, 1.165) is 0 Å². The first-order valence-electron chi connectivity index (χ1n) is 3.87. The first-order chi connectivity index (χ1) is 6.56. The van der Waals surface area contributed by atoms with E-state index >= 15 is 0 Å². The summed E-state index contributed by atoms with van der Waals surface area (Å²) >= 11 is 3.10. The number of aromatic nitrogens is 1. The Kier molecular flexibility index (Phi) is 3.53. The molecule has 1 aromatic heterocycles. The van der Waals surface area contributed by atoms with Crippen molar-refractivity contribution in [1.29, 1.82) is 5.26 Å². The molecule has 1 rings (SSSR count). The van der Waals surface area contributed by atoms with Crippen molar-refractivity contribution >= 4 is 15.9 Å². The minimum absolute atomic E-state index is 0.0262.